The van der Waals surface area contributed by atoms with Gasteiger partial charge in [-0.3, -0.25) is 4.79 Å². The van der Waals surface area contributed by atoms with Crippen LogP contribution in [0.1, 0.15) is 10.4 Å². The summed E-state index contributed by atoms with van der Waals surface area (Å²) in [5, 5.41) is 0. The maximum atomic E-state index is 12.2. The molecule has 4 heteroatoms. The predicted octanol–water partition coefficient (Wildman–Crippen LogP) is 5.25. The van der Waals surface area contributed by atoms with Gasteiger partial charge in [-0.15, -0.1) is 0 Å². The quantitative estimate of drug-likeness (QED) is 0.333. The topological polar surface area (TPSA) is 95.1 Å². The predicted molar refractivity (Wildman–Crippen MR) is 121 cm³/mol. The summed E-state index contributed by atoms with van der Waals surface area (Å²) in [6, 6.07) is 26.8. The third-order valence-electron chi connectivity index (χ3n) is 4.99. The zero-order chi connectivity index (χ0) is 20.4. The minimum Gasteiger partial charge on any atom is -0.399 e. The zero-order valence-electron chi connectivity index (χ0n) is 15.8. The van der Waals surface area contributed by atoms with Crippen molar-refractivity contribution in [3.05, 3.63) is 90.5 Å². The van der Waals surface area contributed by atoms with E-state index in [9.17, 15) is 4.79 Å². The van der Waals surface area contributed by atoms with Crippen LogP contribution in [0.4, 0.5) is 17.1 Å². The van der Waals surface area contributed by atoms with Crippen LogP contribution in [0.3, 0.4) is 0 Å². The highest BCUT2D eigenvalue weighted by Gasteiger charge is 2.15. The van der Waals surface area contributed by atoms with E-state index >= 15 is 0 Å². The Morgan fingerprint density at radius 2 is 0.828 bits per heavy atom. The number of benzene rings is 4. The first-order valence-electron chi connectivity index (χ1n) is 9.26. The summed E-state index contributed by atoms with van der Waals surface area (Å²) < 4.78 is 0. The van der Waals surface area contributed by atoms with Gasteiger partial charge in [0.15, 0.2) is 6.29 Å². The SMILES string of the molecule is Nc1ccc(-c2cc(-c3ccc(N)cc3)c(C=O)c(-c3ccc(N)cc3)c2)cc1. The molecule has 0 saturated carbocycles. The van der Waals surface area contributed by atoms with Crippen LogP contribution in [-0.2, 0) is 0 Å². The Labute approximate surface area is 169 Å². The van der Waals surface area contributed by atoms with Crippen LogP contribution in [0.5, 0.6) is 0 Å². The molecule has 0 aromatic heterocycles. The van der Waals surface area contributed by atoms with Crippen LogP contribution in [0.25, 0.3) is 33.4 Å². The van der Waals surface area contributed by atoms with Crippen molar-refractivity contribution in [3.8, 4) is 33.4 Å². The maximum Gasteiger partial charge on any atom is 0.151 e. The van der Waals surface area contributed by atoms with E-state index in [4.69, 9.17) is 17.2 Å². The Morgan fingerprint density at radius 1 is 0.483 bits per heavy atom. The van der Waals surface area contributed by atoms with Crippen molar-refractivity contribution >= 4 is 23.3 Å². The molecule has 4 aromatic rings. The molecule has 0 heterocycles. The lowest BCUT2D eigenvalue weighted by Crippen LogP contribution is -1.96. The molecule has 4 nitrogen and oxygen atoms in total. The molecular weight excluding hydrogens is 358 g/mol. The van der Waals surface area contributed by atoms with Crippen molar-refractivity contribution in [1.29, 1.82) is 0 Å². The monoisotopic (exact) mass is 379 g/mol. The smallest absolute Gasteiger partial charge is 0.151 e. The molecule has 0 aliphatic heterocycles. The van der Waals surface area contributed by atoms with Gasteiger partial charge in [0.2, 0.25) is 0 Å². The molecule has 4 rings (SSSR count). The van der Waals surface area contributed by atoms with Gasteiger partial charge in [-0.1, -0.05) is 36.4 Å². The number of nitrogen functional groups attached to an aromatic ring is 3. The molecule has 0 bridgehead atoms. The maximum absolute atomic E-state index is 12.2. The van der Waals surface area contributed by atoms with Crippen LogP contribution in [0, 0.1) is 0 Å². The number of hydrogen-bond acceptors (Lipinski definition) is 4. The van der Waals surface area contributed by atoms with Gasteiger partial charge in [-0.25, -0.2) is 0 Å². The van der Waals surface area contributed by atoms with Crippen LogP contribution in [0.2, 0.25) is 0 Å². The highest BCUT2D eigenvalue weighted by atomic mass is 16.1. The van der Waals surface area contributed by atoms with Gasteiger partial charge in [-0.2, -0.15) is 0 Å². The normalized spacial score (nSPS) is 10.6. The van der Waals surface area contributed by atoms with Gasteiger partial charge in [0.25, 0.3) is 0 Å². The molecule has 0 atom stereocenters. The standard InChI is InChI=1S/C25H21N3O/c26-20-7-1-16(2-8-20)19-13-23(17-3-9-21(27)10-4-17)25(15-29)24(14-19)18-5-11-22(28)12-6-18/h1-15H,26-28H2. The van der Waals surface area contributed by atoms with Gasteiger partial charge in [-0.05, 0) is 81.9 Å². The molecule has 0 aliphatic rings. The summed E-state index contributed by atoms with van der Waals surface area (Å²) in [6.07, 6.45) is 0.907. The Morgan fingerprint density at radius 3 is 1.17 bits per heavy atom. The van der Waals surface area contributed by atoms with Crippen molar-refractivity contribution in [3.63, 3.8) is 0 Å². The van der Waals surface area contributed by atoms with Gasteiger partial charge >= 0.3 is 0 Å². The minimum atomic E-state index is 0.624. The van der Waals surface area contributed by atoms with E-state index in [2.05, 4.69) is 0 Å². The van der Waals surface area contributed by atoms with Gasteiger partial charge in [0.1, 0.15) is 0 Å². The number of nitrogens with two attached hydrogens (primary N) is 3. The van der Waals surface area contributed by atoms with E-state index in [1.807, 2.05) is 84.9 Å². The van der Waals surface area contributed by atoms with Crippen LogP contribution in [0.15, 0.2) is 84.9 Å². The van der Waals surface area contributed by atoms with E-state index in [1.165, 1.54) is 0 Å². The molecule has 0 radical (unpaired) electrons. The molecule has 6 N–H and O–H groups in total. The highest BCUT2D eigenvalue weighted by Crippen LogP contribution is 2.37. The number of carbonyl (C=O) groups excluding carboxylic acids is 1. The molecule has 29 heavy (non-hydrogen) atoms. The molecule has 4 aromatic carbocycles. The van der Waals surface area contributed by atoms with E-state index in [1.54, 1.807) is 0 Å². The summed E-state index contributed by atoms with van der Waals surface area (Å²) >= 11 is 0. The van der Waals surface area contributed by atoms with Crippen LogP contribution in [-0.4, -0.2) is 6.29 Å². The Kier molecular flexibility index (Phi) is 4.75. The molecule has 0 amide bonds. The zero-order valence-corrected chi connectivity index (χ0v) is 15.8. The van der Waals surface area contributed by atoms with E-state index in [0.29, 0.717) is 22.6 Å². The summed E-state index contributed by atoms with van der Waals surface area (Å²) in [7, 11) is 0. The fourth-order valence-corrected chi connectivity index (χ4v) is 3.43. The Hall–Kier alpha value is -4.05. The third-order valence-corrected chi connectivity index (χ3v) is 4.99. The van der Waals surface area contributed by atoms with Gasteiger partial charge in [0, 0.05) is 22.6 Å². The Bertz CT molecular complexity index is 1100. The molecule has 0 aliphatic carbocycles. The van der Waals surface area contributed by atoms with E-state index in [0.717, 1.165) is 39.7 Å². The number of hydrogen-bond donors (Lipinski definition) is 3. The largest absolute Gasteiger partial charge is 0.399 e. The average Bonchev–Trinajstić information content (AvgIpc) is 2.74. The summed E-state index contributed by atoms with van der Waals surface area (Å²) in [5.41, 5.74) is 25.8. The van der Waals surface area contributed by atoms with E-state index < -0.39 is 0 Å². The summed E-state index contributed by atoms with van der Waals surface area (Å²) in [5.74, 6) is 0. The fraction of sp³-hybridized carbons (Fsp3) is 0. The van der Waals surface area contributed by atoms with Crippen molar-refractivity contribution in [2.45, 2.75) is 0 Å². The van der Waals surface area contributed by atoms with Crippen molar-refractivity contribution < 1.29 is 4.79 Å². The van der Waals surface area contributed by atoms with Crippen molar-refractivity contribution in [1.82, 2.24) is 0 Å². The van der Waals surface area contributed by atoms with Crippen molar-refractivity contribution in [2.75, 3.05) is 17.2 Å². The lowest BCUT2D eigenvalue weighted by molar-refractivity contribution is 0.112. The molecule has 0 fully saturated rings. The number of aldehydes is 1. The second-order valence-electron chi connectivity index (χ2n) is 6.97. The molecule has 0 saturated heterocycles. The minimum absolute atomic E-state index is 0.624. The number of rotatable bonds is 4. The fourth-order valence-electron chi connectivity index (χ4n) is 3.43. The highest BCUT2D eigenvalue weighted by molar-refractivity contribution is 5.99. The van der Waals surface area contributed by atoms with Crippen molar-refractivity contribution in [2.24, 2.45) is 0 Å². The second-order valence-corrected chi connectivity index (χ2v) is 6.97. The lowest BCUT2D eigenvalue weighted by Gasteiger charge is -2.15. The first kappa shape index (κ1) is 18.3. The van der Waals surface area contributed by atoms with Gasteiger partial charge < -0.3 is 17.2 Å². The average molecular weight is 379 g/mol. The second kappa shape index (κ2) is 7.52. The lowest BCUT2D eigenvalue weighted by atomic mass is 9.88. The number of carbonyl (C=O) groups is 1. The van der Waals surface area contributed by atoms with Crippen LogP contribution < -0.4 is 17.2 Å². The molecule has 142 valence electrons. The molecular formula is C25H21N3O. The van der Waals surface area contributed by atoms with Gasteiger partial charge in [0.05, 0.1) is 0 Å². The molecule has 0 spiro atoms. The van der Waals surface area contributed by atoms with E-state index in [-0.39, 0.29) is 0 Å². The Balaban J connectivity index is 2.00. The van der Waals surface area contributed by atoms with Crippen LogP contribution >= 0.6 is 0 Å². The first-order chi connectivity index (χ1) is 14.0. The first-order valence-corrected chi connectivity index (χ1v) is 9.26. The third kappa shape index (κ3) is 3.69. The summed E-state index contributed by atoms with van der Waals surface area (Å²) in [4.78, 5) is 12.2. The number of anilines is 3. The molecule has 0 unspecified atom stereocenters. The summed E-state index contributed by atoms with van der Waals surface area (Å²) in [6.45, 7) is 0.